The number of carbonyl (C=O) groups excluding carboxylic acids is 1. The number of carbonyl (C=O) groups is 1. The molecule has 3 aromatic rings. The van der Waals surface area contributed by atoms with Gasteiger partial charge in [0.15, 0.2) is 11.0 Å². The highest BCUT2D eigenvalue weighted by molar-refractivity contribution is 6.05. The van der Waals surface area contributed by atoms with Gasteiger partial charge in [0.1, 0.15) is 5.76 Å². The van der Waals surface area contributed by atoms with Gasteiger partial charge in [-0.05, 0) is 31.9 Å². The Morgan fingerprint density at radius 1 is 1.14 bits per heavy atom. The SMILES string of the molecule is COCC1(CNC(=O)c2cccc3c(=O)c(C)c(-c4ccccc4)oc23)CCC1. The maximum absolute atomic E-state index is 13.0. The van der Waals surface area contributed by atoms with E-state index in [0.29, 0.717) is 41.0 Å². The molecule has 0 unspecified atom stereocenters. The van der Waals surface area contributed by atoms with Crippen molar-refractivity contribution in [1.82, 2.24) is 5.32 Å². The van der Waals surface area contributed by atoms with Gasteiger partial charge in [0.2, 0.25) is 0 Å². The van der Waals surface area contributed by atoms with Gasteiger partial charge < -0.3 is 14.5 Å². The number of para-hydroxylation sites is 1. The predicted octanol–water partition coefficient (Wildman–Crippen LogP) is 4.31. The van der Waals surface area contributed by atoms with E-state index in [9.17, 15) is 9.59 Å². The van der Waals surface area contributed by atoms with Crippen LogP contribution in [0.15, 0.2) is 57.7 Å². The molecule has 150 valence electrons. The van der Waals surface area contributed by atoms with Crippen LogP contribution in [0, 0.1) is 12.3 Å². The zero-order valence-corrected chi connectivity index (χ0v) is 16.8. The standard InChI is InChI=1S/C24H25NO4/c1-16-20(26)18-10-6-11-19(22(18)29-21(16)17-8-4-3-5-9-17)23(27)25-14-24(15-28-2)12-7-13-24/h3-6,8-11H,7,12-15H2,1-2H3,(H,25,27). The first-order valence-electron chi connectivity index (χ1n) is 9.94. The Morgan fingerprint density at radius 2 is 1.90 bits per heavy atom. The lowest BCUT2D eigenvalue weighted by molar-refractivity contribution is 0.0180. The third-order valence-electron chi connectivity index (χ3n) is 5.91. The molecule has 5 heteroatoms. The Bertz CT molecular complexity index is 1100. The van der Waals surface area contributed by atoms with Gasteiger partial charge in [0.05, 0.1) is 17.6 Å². The molecule has 1 fully saturated rings. The second-order valence-corrected chi connectivity index (χ2v) is 7.90. The number of amides is 1. The first-order valence-corrected chi connectivity index (χ1v) is 9.94. The van der Waals surface area contributed by atoms with Gasteiger partial charge in [-0.15, -0.1) is 0 Å². The predicted molar refractivity (Wildman–Crippen MR) is 113 cm³/mol. The van der Waals surface area contributed by atoms with Crippen LogP contribution >= 0.6 is 0 Å². The molecule has 1 aliphatic carbocycles. The van der Waals surface area contributed by atoms with Gasteiger partial charge in [-0.25, -0.2) is 0 Å². The van der Waals surface area contributed by atoms with E-state index < -0.39 is 0 Å². The molecule has 1 aromatic heterocycles. The molecule has 5 nitrogen and oxygen atoms in total. The third-order valence-corrected chi connectivity index (χ3v) is 5.91. The van der Waals surface area contributed by atoms with Crippen molar-refractivity contribution >= 4 is 16.9 Å². The maximum Gasteiger partial charge on any atom is 0.255 e. The number of methoxy groups -OCH3 is 1. The molecule has 1 heterocycles. The molecule has 0 saturated heterocycles. The van der Waals surface area contributed by atoms with Gasteiger partial charge in [0, 0.05) is 30.2 Å². The molecule has 1 N–H and O–H groups in total. The lowest BCUT2D eigenvalue weighted by Crippen LogP contribution is -2.45. The number of rotatable bonds is 6. The van der Waals surface area contributed by atoms with Crippen molar-refractivity contribution in [1.29, 1.82) is 0 Å². The zero-order valence-electron chi connectivity index (χ0n) is 16.8. The highest BCUT2D eigenvalue weighted by atomic mass is 16.5. The maximum atomic E-state index is 13.0. The van der Waals surface area contributed by atoms with Gasteiger partial charge in [-0.2, -0.15) is 0 Å². The highest BCUT2D eigenvalue weighted by Gasteiger charge is 2.37. The van der Waals surface area contributed by atoms with Gasteiger partial charge in [-0.3, -0.25) is 9.59 Å². The summed E-state index contributed by atoms with van der Waals surface area (Å²) in [5.74, 6) is 0.266. The second-order valence-electron chi connectivity index (χ2n) is 7.90. The van der Waals surface area contributed by atoms with E-state index in [1.165, 1.54) is 0 Å². The van der Waals surface area contributed by atoms with Gasteiger partial charge in [-0.1, -0.05) is 42.8 Å². The van der Waals surface area contributed by atoms with Crippen LogP contribution in [0.2, 0.25) is 0 Å². The van der Waals surface area contributed by atoms with Crippen LogP contribution in [0.5, 0.6) is 0 Å². The number of benzene rings is 2. The fourth-order valence-corrected chi connectivity index (χ4v) is 4.07. The van der Waals surface area contributed by atoms with E-state index in [0.717, 1.165) is 24.8 Å². The van der Waals surface area contributed by atoms with Crippen molar-refractivity contribution < 1.29 is 13.9 Å². The summed E-state index contributed by atoms with van der Waals surface area (Å²) < 4.78 is 11.5. The van der Waals surface area contributed by atoms with Crippen molar-refractivity contribution in [2.75, 3.05) is 20.3 Å². The number of hydrogen-bond acceptors (Lipinski definition) is 4. The average Bonchev–Trinajstić information content (AvgIpc) is 2.72. The minimum atomic E-state index is -0.232. The van der Waals surface area contributed by atoms with Crippen LogP contribution in [-0.4, -0.2) is 26.2 Å². The summed E-state index contributed by atoms with van der Waals surface area (Å²) in [5.41, 5.74) is 1.95. The molecule has 0 bridgehead atoms. The molecular weight excluding hydrogens is 366 g/mol. The minimum Gasteiger partial charge on any atom is -0.455 e. The van der Waals surface area contributed by atoms with Gasteiger partial charge in [0.25, 0.3) is 5.91 Å². The largest absolute Gasteiger partial charge is 0.455 e. The van der Waals surface area contributed by atoms with Crippen LogP contribution in [-0.2, 0) is 4.74 Å². The molecule has 4 rings (SSSR count). The normalized spacial score (nSPS) is 15.1. The van der Waals surface area contributed by atoms with Crippen molar-refractivity contribution in [3.8, 4) is 11.3 Å². The quantitative estimate of drug-likeness (QED) is 0.680. The summed E-state index contributed by atoms with van der Waals surface area (Å²) >= 11 is 0. The summed E-state index contributed by atoms with van der Waals surface area (Å²) in [6, 6.07) is 14.6. The summed E-state index contributed by atoms with van der Waals surface area (Å²) in [4.78, 5) is 25.9. The van der Waals surface area contributed by atoms with E-state index in [-0.39, 0.29) is 16.8 Å². The average molecular weight is 391 g/mol. The van der Waals surface area contributed by atoms with Crippen molar-refractivity contribution in [3.63, 3.8) is 0 Å². The monoisotopic (exact) mass is 391 g/mol. The summed E-state index contributed by atoms with van der Waals surface area (Å²) in [6.07, 6.45) is 3.24. The molecule has 1 amide bonds. The third kappa shape index (κ3) is 3.58. The second kappa shape index (κ2) is 7.84. The van der Waals surface area contributed by atoms with Crippen molar-refractivity contribution in [2.24, 2.45) is 5.41 Å². The Hall–Kier alpha value is -2.92. The Balaban J connectivity index is 1.72. The van der Waals surface area contributed by atoms with Crippen molar-refractivity contribution in [3.05, 3.63) is 69.9 Å². The van der Waals surface area contributed by atoms with Crippen LogP contribution in [0.25, 0.3) is 22.3 Å². The molecule has 0 aliphatic heterocycles. The number of ether oxygens (including phenoxy) is 1. The van der Waals surface area contributed by atoms with Crippen molar-refractivity contribution in [2.45, 2.75) is 26.2 Å². The molecular formula is C24H25NO4. The number of hydrogen-bond donors (Lipinski definition) is 1. The molecule has 1 saturated carbocycles. The molecule has 29 heavy (non-hydrogen) atoms. The topological polar surface area (TPSA) is 68.5 Å². The lowest BCUT2D eigenvalue weighted by Gasteiger charge is -2.41. The Labute approximate surface area is 169 Å². The van der Waals surface area contributed by atoms with E-state index in [4.69, 9.17) is 9.15 Å². The Kier molecular flexibility index (Phi) is 5.24. The fourth-order valence-electron chi connectivity index (χ4n) is 4.07. The smallest absolute Gasteiger partial charge is 0.255 e. The first-order chi connectivity index (χ1) is 14.0. The molecule has 0 spiro atoms. The van der Waals surface area contributed by atoms with Crippen LogP contribution in [0.1, 0.15) is 35.2 Å². The Morgan fingerprint density at radius 3 is 2.55 bits per heavy atom. The molecule has 1 aliphatic rings. The zero-order chi connectivity index (χ0) is 20.4. The summed E-state index contributed by atoms with van der Waals surface area (Å²) in [5, 5.41) is 3.45. The van der Waals surface area contributed by atoms with Crippen LogP contribution in [0.4, 0.5) is 0 Å². The summed E-state index contributed by atoms with van der Waals surface area (Å²) in [7, 11) is 1.69. The molecule has 2 aromatic carbocycles. The lowest BCUT2D eigenvalue weighted by atomic mass is 9.69. The van der Waals surface area contributed by atoms with E-state index in [1.54, 1.807) is 32.2 Å². The van der Waals surface area contributed by atoms with Gasteiger partial charge >= 0.3 is 0 Å². The van der Waals surface area contributed by atoms with E-state index >= 15 is 0 Å². The van der Waals surface area contributed by atoms with E-state index in [2.05, 4.69) is 5.32 Å². The first kappa shape index (κ1) is 19.4. The van der Waals surface area contributed by atoms with E-state index in [1.807, 2.05) is 30.3 Å². The number of nitrogens with one attached hydrogen (secondary N) is 1. The minimum absolute atomic E-state index is 0.0155. The van der Waals surface area contributed by atoms with Crippen LogP contribution < -0.4 is 10.7 Å². The highest BCUT2D eigenvalue weighted by Crippen LogP contribution is 2.40. The van der Waals surface area contributed by atoms with Crippen LogP contribution in [0.3, 0.4) is 0 Å². The fraction of sp³-hybridized carbons (Fsp3) is 0.333. The summed E-state index contributed by atoms with van der Waals surface area (Å²) in [6.45, 7) is 2.94. The number of fused-ring (bicyclic) bond motifs is 1. The molecule has 0 atom stereocenters. The molecule has 0 radical (unpaired) electrons.